The Morgan fingerprint density at radius 2 is 1.56 bits per heavy atom. The summed E-state index contributed by atoms with van der Waals surface area (Å²) in [5, 5.41) is 18.9. The molecule has 3 aromatic carbocycles. The van der Waals surface area contributed by atoms with Crippen molar-refractivity contribution in [2.75, 3.05) is 4.31 Å². The summed E-state index contributed by atoms with van der Waals surface area (Å²) in [4.78, 5) is 11.1. The first-order valence-electron chi connectivity index (χ1n) is 8.01. The number of carbonyl (C=O) groups is 1. The number of carboxylic acids is 1. The van der Waals surface area contributed by atoms with E-state index >= 15 is 0 Å². The Labute approximate surface area is 158 Å². The van der Waals surface area contributed by atoms with E-state index in [9.17, 15) is 18.7 Å². The van der Waals surface area contributed by atoms with Crippen LogP contribution in [-0.4, -0.2) is 24.9 Å². The summed E-state index contributed by atoms with van der Waals surface area (Å²) in [6, 6.07) is 18.6. The maximum Gasteiger partial charge on any atom is 0.339 e. The van der Waals surface area contributed by atoms with Crippen LogP contribution in [0.2, 0.25) is 0 Å². The third-order valence-corrected chi connectivity index (χ3v) is 4.77. The van der Waals surface area contributed by atoms with E-state index < -0.39 is 23.0 Å². The molecule has 0 amide bonds. The van der Waals surface area contributed by atoms with Crippen molar-refractivity contribution in [2.45, 2.75) is 6.92 Å². The van der Waals surface area contributed by atoms with Crippen molar-refractivity contribution < 1.29 is 23.8 Å². The first kappa shape index (κ1) is 18.6. The summed E-state index contributed by atoms with van der Waals surface area (Å²) in [5.41, 5.74) is 3.25. The number of hydrogen-bond acceptors (Lipinski definition) is 3. The molecule has 27 heavy (non-hydrogen) atoms. The molecular weight excluding hydrogens is 366 g/mol. The number of aryl methyl sites for hydroxylation is 1. The van der Waals surface area contributed by atoms with Crippen LogP contribution >= 0.6 is 0 Å². The number of carboxylic acid groups (broad SMARTS) is 1. The van der Waals surface area contributed by atoms with E-state index in [2.05, 4.69) is 0 Å². The highest BCUT2D eigenvalue weighted by atomic mass is 32.2. The number of anilines is 2. The molecule has 3 rings (SSSR count). The predicted octanol–water partition coefficient (Wildman–Crippen LogP) is 4.34. The summed E-state index contributed by atoms with van der Waals surface area (Å²) < 4.78 is 22.9. The molecule has 0 radical (unpaired) electrons. The average molecular weight is 383 g/mol. The van der Waals surface area contributed by atoms with Gasteiger partial charge < -0.3 is 10.2 Å². The fourth-order valence-corrected chi connectivity index (χ4v) is 3.38. The molecule has 0 heterocycles. The van der Waals surface area contributed by atoms with E-state index in [0.29, 0.717) is 5.69 Å². The van der Waals surface area contributed by atoms with Gasteiger partial charge in [-0.3, -0.25) is 4.55 Å². The predicted molar refractivity (Wildman–Crippen MR) is 105 cm³/mol. The van der Waals surface area contributed by atoms with E-state index in [1.54, 1.807) is 18.2 Å². The molecule has 1 unspecified atom stereocenters. The fourth-order valence-electron chi connectivity index (χ4n) is 2.79. The molecule has 0 aliphatic heterocycles. The van der Waals surface area contributed by atoms with Gasteiger partial charge in [0, 0.05) is 6.07 Å². The smallest absolute Gasteiger partial charge is 0.339 e. The third-order valence-electron chi connectivity index (χ3n) is 4.03. The van der Waals surface area contributed by atoms with E-state index in [-0.39, 0.29) is 11.3 Å². The van der Waals surface area contributed by atoms with Crippen molar-refractivity contribution in [2.24, 2.45) is 0 Å². The zero-order valence-corrected chi connectivity index (χ0v) is 15.2. The summed E-state index contributed by atoms with van der Waals surface area (Å²) in [5.74, 6) is -1.76. The molecular formula is C20H17NO5S. The van der Waals surface area contributed by atoms with Crippen molar-refractivity contribution in [3.05, 3.63) is 77.9 Å². The van der Waals surface area contributed by atoms with Crippen molar-refractivity contribution in [3.63, 3.8) is 0 Å². The molecule has 0 aromatic heterocycles. The molecule has 0 saturated heterocycles. The quantitative estimate of drug-likeness (QED) is 0.569. The van der Waals surface area contributed by atoms with Gasteiger partial charge in [-0.05, 0) is 42.3 Å². The van der Waals surface area contributed by atoms with E-state index in [4.69, 9.17) is 5.11 Å². The number of nitrogens with zero attached hydrogens (tertiary/aromatic N) is 1. The van der Waals surface area contributed by atoms with E-state index in [1.165, 1.54) is 12.1 Å². The van der Waals surface area contributed by atoms with Crippen molar-refractivity contribution in [1.82, 2.24) is 0 Å². The molecule has 3 aromatic rings. The Bertz CT molecular complexity index is 1030. The Hall–Kier alpha value is -3.16. The van der Waals surface area contributed by atoms with Gasteiger partial charge >= 0.3 is 5.97 Å². The van der Waals surface area contributed by atoms with Crippen LogP contribution in [0.1, 0.15) is 15.9 Å². The Morgan fingerprint density at radius 1 is 0.926 bits per heavy atom. The minimum atomic E-state index is -2.43. The van der Waals surface area contributed by atoms with Gasteiger partial charge in [-0.2, -0.15) is 0 Å². The second kappa shape index (κ2) is 7.61. The van der Waals surface area contributed by atoms with E-state index in [1.807, 2.05) is 37.3 Å². The lowest BCUT2D eigenvalue weighted by Crippen LogP contribution is -2.19. The summed E-state index contributed by atoms with van der Waals surface area (Å²) in [7, 11) is 0. The number of aromatic carboxylic acids is 1. The van der Waals surface area contributed by atoms with Gasteiger partial charge in [0.15, 0.2) is 0 Å². The van der Waals surface area contributed by atoms with Crippen LogP contribution in [0.15, 0.2) is 66.7 Å². The minimum Gasteiger partial charge on any atom is -0.507 e. The molecule has 0 spiro atoms. The lowest BCUT2D eigenvalue weighted by atomic mass is 10.0. The molecule has 0 saturated carbocycles. The number of aromatic hydroxyl groups is 1. The standard InChI is InChI=1S/C20H17NO5S/c1-13-4-2-5-14(10-13)15-6-3-7-16(11-15)21(27(25)26)17-8-9-18(20(23)24)19(22)12-17/h2-12,22H,1H3,(H,23,24)(H,25,26). The van der Waals surface area contributed by atoms with Crippen LogP contribution in [0.25, 0.3) is 11.1 Å². The molecule has 6 nitrogen and oxygen atoms in total. The first-order chi connectivity index (χ1) is 12.9. The summed E-state index contributed by atoms with van der Waals surface area (Å²) in [6.45, 7) is 1.98. The van der Waals surface area contributed by atoms with Gasteiger partial charge in [0.1, 0.15) is 11.3 Å². The van der Waals surface area contributed by atoms with Crippen LogP contribution in [0.3, 0.4) is 0 Å². The van der Waals surface area contributed by atoms with Crippen LogP contribution < -0.4 is 4.31 Å². The Kier molecular flexibility index (Phi) is 5.25. The maximum absolute atomic E-state index is 12.0. The monoisotopic (exact) mass is 383 g/mol. The highest BCUT2D eigenvalue weighted by molar-refractivity contribution is 7.81. The van der Waals surface area contributed by atoms with E-state index in [0.717, 1.165) is 27.1 Å². The van der Waals surface area contributed by atoms with Crippen molar-refractivity contribution >= 4 is 28.6 Å². The molecule has 3 N–H and O–H groups in total. The van der Waals surface area contributed by atoms with Crippen LogP contribution in [0, 0.1) is 6.92 Å². The van der Waals surface area contributed by atoms with Gasteiger partial charge in [0.25, 0.3) is 11.3 Å². The zero-order chi connectivity index (χ0) is 19.6. The van der Waals surface area contributed by atoms with Gasteiger partial charge in [0.2, 0.25) is 0 Å². The number of rotatable bonds is 5. The fraction of sp³-hybridized carbons (Fsp3) is 0.0500. The SMILES string of the molecule is Cc1cccc(-c2cccc(N(c3ccc(C(=O)O)c(O)c3)S(=O)O)c2)c1. The third kappa shape index (κ3) is 3.99. The molecule has 0 bridgehead atoms. The Morgan fingerprint density at radius 3 is 2.15 bits per heavy atom. The number of hydrogen-bond donors (Lipinski definition) is 3. The van der Waals surface area contributed by atoms with Gasteiger partial charge in [-0.15, -0.1) is 0 Å². The number of phenols is 1. The highest BCUT2D eigenvalue weighted by Crippen LogP contribution is 2.33. The average Bonchev–Trinajstić information content (AvgIpc) is 2.61. The van der Waals surface area contributed by atoms with Crippen molar-refractivity contribution in [3.8, 4) is 16.9 Å². The number of benzene rings is 3. The second-order valence-electron chi connectivity index (χ2n) is 5.95. The van der Waals surface area contributed by atoms with Gasteiger partial charge in [-0.1, -0.05) is 42.0 Å². The lowest BCUT2D eigenvalue weighted by Gasteiger charge is -2.21. The normalized spacial score (nSPS) is 11.8. The topological polar surface area (TPSA) is 98.1 Å². The second-order valence-corrected chi connectivity index (χ2v) is 6.78. The highest BCUT2D eigenvalue weighted by Gasteiger charge is 2.19. The molecule has 138 valence electrons. The summed E-state index contributed by atoms with van der Waals surface area (Å²) in [6.07, 6.45) is 0. The van der Waals surface area contributed by atoms with Crippen LogP contribution in [0.4, 0.5) is 11.4 Å². The zero-order valence-electron chi connectivity index (χ0n) is 14.4. The summed E-state index contributed by atoms with van der Waals surface area (Å²) >= 11 is -2.43. The largest absolute Gasteiger partial charge is 0.507 e. The molecule has 0 fully saturated rings. The first-order valence-corrected chi connectivity index (χ1v) is 9.07. The minimum absolute atomic E-state index is 0.194. The molecule has 0 aliphatic carbocycles. The lowest BCUT2D eigenvalue weighted by molar-refractivity contribution is 0.0694. The Balaban J connectivity index is 2.06. The van der Waals surface area contributed by atoms with Crippen LogP contribution in [-0.2, 0) is 11.3 Å². The van der Waals surface area contributed by atoms with Gasteiger partial charge in [-0.25, -0.2) is 13.3 Å². The van der Waals surface area contributed by atoms with Gasteiger partial charge in [0.05, 0.1) is 11.4 Å². The molecule has 1 atom stereocenters. The maximum atomic E-state index is 12.0. The molecule has 0 aliphatic rings. The van der Waals surface area contributed by atoms with Crippen LogP contribution in [0.5, 0.6) is 5.75 Å². The van der Waals surface area contributed by atoms with Crippen molar-refractivity contribution in [1.29, 1.82) is 0 Å². The molecule has 7 heteroatoms.